The first-order chi connectivity index (χ1) is 14.1. The predicted molar refractivity (Wildman–Crippen MR) is 110 cm³/mol. The molecule has 2 aromatic carbocycles. The number of hydrogen-bond donors (Lipinski definition) is 2. The molecule has 6 nitrogen and oxygen atoms in total. The summed E-state index contributed by atoms with van der Waals surface area (Å²) >= 11 is 0. The van der Waals surface area contributed by atoms with Crippen molar-refractivity contribution in [2.75, 3.05) is 20.1 Å². The van der Waals surface area contributed by atoms with Crippen LogP contribution in [0.25, 0.3) is 28.5 Å². The number of likely N-dealkylation sites (tertiary alicyclic amines) is 1. The summed E-state index contributed by atoms with van der Waals surface area (Å²) in [7, 11) is 2.10. The van der Waals surface area contributed by atoms with E-state index < -0.39 is 5.91 Å². The van der Waals surface area contributed by atoms with E-state index in [0.29, 0.717) is 11.3 Å². The second kappa shape index (κ2) is 8.14. The lowest BCUT2D eigenvalue weighted by Gasteiger charge is -2.32. The molecule has 29 heavy (non-hydrogen) atoms. The minimum atomic E-state index is -0.602. The van der Waals surface area contributed by atoms with Gasteiger partial charge in [-0.3, -0.25) is 10.0 Å². The van der Waals surface area contributed by atoms with Crippen LogP contribution in [0.4, 0.5) is 4.39 Å². The topological polar surface area (TPSA) is 70.4 Å². The molecule has 3 aromatic rings. The molecule has 2 heterocycles. The van der Waals surface area contributed by atoms with Crippen molar-refractivity contribution < 1.29 is 14.4 Å². The van der Waals surface area contributed by atoms with Gasteiger partial charge in [-0.1, -0.05) is 24.3 Å². The highest BCUT2D eigenvalue weighted by Crippen LogP contribution is 2.33. The fourth-order valence-electron chi connectivity index (χ4n) is 4.00. The highest BCUT2D eigenvalue weighted by molar-refractivity contribution is 5.91. The van der Waals surface area contributed by atoms with Crippen molar-refractivity contribution in [2.24, 2.45) is 0 Å². The zero-order valence-electron chi connectivity index (χ0n) is 16.2. The minimum Gasteiger partial charge on any atom is -0.319 e. The zero-order chi connectivity index (χ0) is 20.4. The highest BCUT2D eigenvalue weighted by Gasteiger charge is 2.25. The second-order valence-corrected chi connectivity index (χ2v) is 7.41. The molecular formula is C22H23FN4O2. The summed E-state index contributed by atoms with van der Waals surface area (Å²) in [4.78, 5) is 18.2. The molecule has 1 amide bonds. The van der Waals surface area contributed by atoms with E-state index in [-0.39, 0.29) is 11.9 Å². The Morgan fingerprint density at radius 2 is 2.14 bits per heavy atom. The fourth-order valence-corrected chi connectivity index (χ4v) is 4.00. The van der Waals surface area contributed by atoms with Crippen LogP contribution in [0.3, 0.4) is 0 Å². The van der Waals surface area contributed by atoms with Crippen LogP contribution in [0.1, 0.15) is 24.4 Å². The standard InChI is InChI=1S/C22H23FN4O2/c1-26-12-4-7-17(14-26)27-19-9-3-8-18(23)21(19)24-22(27)16-6-2-5-15(13-16)10-11-20(28)25-29/h2-3,5-6,8-11,13,17,29H,4,7,12,14H2,1H3,(H,25,28)/t17-/m1/s1. The Kier molecular flexibility index (Phi) is 5.42. The number of halogens is 1. The lowest BCUT2D eigenvalue weighted by molar-refractivity contribution is -0.124. The first-order valence-corrected chi connectivity index (χ1v) is 9.64. The molecule has 7 heteroatoms. The largest absolute Gasteiger partial charge is 0.319 e. The number of hydroxylamine groups is 1. The first-order valence-electron chi connectivity index (χ1n) is 9.64. The number of nitrogens with zero attached hydrogens (tertiary/aromatic N) is 3. The van der Waals surface area contributed by atoms with Gasteiger partial charge >= 0.3 is 0 Å². The summed E-state index contributed by atoms with van der Waals surface area (Å²) < 4.78 is 16.7. The number of likely N-dealkylation sites (N-methyl/N-ethyl adjacent to an activating group) is 1. The average Bonchev–Trinajstić information content (AvgIpc) is 3.13. The van der Waals surface area contributed by atoms with Crippen LogP contribution in [0, 0.1) is 5.82 Å². The number of aromatic nitrogens is 2. The Morgan fingerprint density at radius 3 is 2.93 bits per heavy atom. The maximum Gasteiger partial charge on any atom is 0.267 e. The van der Waals surface area contributed by atoms with Crippen molar-refractivity contribution in [1.82, 2.24) is 19.9 Å². The average molecular weight is 394 g/mol. The Labute approximate surface area is 168 Å². The molecule has 1 atom stereocenters. The van der Waals surface area contributed by atoms with Gasteiger partial charge < -0.3 is 9.47 Å². The third kappa shape index (κ3) is 3.92. The van der Waals surface area contributed by atoms with Gasteiger partial charge in [0.2, 0.25) is 0 Å². The van der Waals surface area contributed by atoms with Crippen molar-refractivity contribution in [1.29, 1.82) is 0 Å². The Bertz CT molecular complexity index is 1080. The van der Waals surface area contributed by atoms with E-state index in [0.717, 1.165) is 42.6 Å². The normalized spacial score (nSPS) is 17.8. The lowest BCUT2D eigenvalue weighted by Crippen LogP contribution is -2.33. The number of rotatable bonds is 4. The van der Waals surface area contributed by atoms with E-state index in [2.05, 4.69) is 21.5 Å². The number of carbonyl (C=O) groups is 1. The van der Waals surface area contributed by atoms with Crippen LogP contribution in [0.2, 0.25) is 0 Å². The number of amides is 1. The van der Waals surface area contributed by atoms with Gasteiger partial charge in [-0.25, -0.2) is 14.9 Å². The number of fused-ring (bicyclic) bond motifs is 1. The van der Waals surface area contributed by atoms with E-state index >= 15 is 0 Å². The number of hydrogen-bond acceptors (Lipinski definition) is 4. The molecule has 1 aromatic heterocycles. The molecule has 0 saturated carbocycles. The van der Waals surface area contributed by atoms with E-state index in [1.54, 1.807) is 17.6 Å². The molecule has 0 unspecified atom stereocenters. The minimum absolute atomic E-state index is 0.204. The molecule has 150 valence electrons. The van der Waals surface area contributed by atoms with Crippen LogP contribution in [0.5, 0.6) is 0 Å². The van der Waals surface area contributed by atoms with Crippen LogP contribution >= 0.6 is 0 Å². The van der Waals surface area contributed by atoms with E-state index in [9.17, 15) is 9.18 Å². The molecule has 1 saturated heterocycles. The summed E-state index contributed by atoms with van der Waals surface area (Å²) in [6.45, 7) is 1.94. The Hall–Kier alpha value is -3.03. The van der Waals surface area contributed by atoms with Crippen LogP contribution in [0.15, 0.2) is 48.5 Å². The zero-order valence-corrected chi connectivity index (χ0v) is 16.2. The quantitative estimate of drug-likeness (QED) is 0.403. The van der Waals surface area contributed by atoms with Crippen LogP contribution in [-0.4, -0.2) is 45.7 Å². The predicted octanol–water partition coefficient (Wildman–Crippen LogP) is 3.63. The molecule has 0 radical (unpaired) electrons. The number of nitrogens with one attached hydrogen (secondary N) is 1. The fraction of sp³-hybridized carbons (Fsp3) is 0.273. The van der Waals surface area contributed by atoms with Crippen molar-refractivity contribution in [2.45, 2.75) is 18.9 Å². The van der Waals surface area contributed by atoms with E-state index in [4.69, 9.17) is 5.21 Å². The molecule has 0 aliphatic carbocycles. The van der Waals surface area contributed by atoms with Crippen LogP contribution in [-0.2, 0) is 4.79 Å². The van der Waals surface area contributed by atoms with Crippen molar-refractivity contribution >= 4 is 23.0 Å². The third-order valence-corrected chi connectivity index (χ3v) is 5.32. The van der Waals surface area contributed by atoms with Gasteiger partial charge in [0.1, 0.15) is 11.3 Å². The maximum absolute atomic E-state index is 14.5. The summed E-state index contributed by atoms with van der Waals surface area (Å²) in [5.74, 6) is -0.218. The lowest BCUT2D eigenvalue weighted by atomic mass is 10.0. The maximum atomic E-state index is 14.5. The number of para-hydroxylation sites is 1. The van der Waals surface area contributed by atoms with Gasteiger partial charge in [0.15, 0.2) is 5.82 Å². The molecule has 1 aliphatic rings. The monoisotopic (exact) mass is 394 g/mol. The Balaban J connectivity index is 1.83. The molecule has 1 aliphatic heterocycles. The summed E-state index contributed by atoms with van der Waals surface area (Å²) in [6, 6.07) is 12.8. The SMILES string of the molecule is CN1CCC[C@@H](n2c(-c3cccc(C=CC(=O)NO)c3)nc3c(F)cccc32)C1. The number of carbonyl (C=O) groups excluding carboxylic acids is 1. The van der Waals surface area contributed by atoms with Crippen molar-refractivity contribution in [3.8, 4) is 11.4 Å². The summed E-state index contributed by atoms with van der Waals surface area (Å²) in [5.41, 5.74) is 4.37. The molecule has 2 N–H and O–H groups in total. The molecule has 1 fully saturated rings. The van der Waals surface area contributed by atoms with Gasteiger partial charge in [0.25, 0.3) is 5.91 Å². The van der Waals surface area contributed by atoms with Gasteiger partial charge in [0, 0.05) is 24.2 Å². The first kappa shape index (κ1) is 19.3. The van der Waals surface area contributed by atoms with Crippen LogP contribution < -0.4 is 5.48 Å². The molecular weight excluding hydrogens is 371 g/mol. The Morgan fingerprint density at radius 1 is 1.31 bits per heavy atom. The van der Waals surface area contributed by atoms with Gasteiger partial charge in [0.05, 0.1) is 5.52 Å². The number of benzene rings is 2. The summed E-state index contributed by atoms with van der Waals surface area (Å²) in [5, 5.41) is 8.65. The molecule has 0 bridgehead atoms. The van der Waals surface area contributed by atoms with Crippen molar-refractivity contribution in [3.63, 3.8) is 0 Å². The van der Waals surface area contributed by atoms with E-state index in [1.807, 2.05) is 30.3 Å². The molecule has 0 spiro atoms. The van der Waals surface area contributed by atoms with E-state index in [1.165, 1.54) is 12.1 Å². The smallest absolute Gasteiger partial charge is 0.267 e. The number of piperidine rings is 1. The van der Waals surface area contributed by atoms with Crippen molar-refractivity contribution in [3.05, 3.63) is 59.9 Å². The number of imidazole rings is 1. The second-order valence-electron chi connectivity index (χ2n) is 7.41. The highest BCUT2D eigenvalue weighted by atomic mass is 19.1. The van der Waals surface area contributed by atoms with Gasteiger partial charge in [-0.05, 0) is 56.3 Å². The van der Waals surface area contributed by atoms with Gasteiger partial charge in [-0.2, -0.15) is 0 Å². The van der Waals surface area contributed by atoms with Gasteiger partial charge in [-0.15, -0.1) is 0 Å². The third-order valence-electron chi connectivity index (χ3n) is 5.32. The molecule has 4 rings (SSSR count). The summed E-state index contributed by atoms with van der Waals surface area (Å²) in [6.07, 6.45) is 4.94.